The minimum atomic E-state index is 0.872. The average Bonchev–Trinajstić information content (AvgIpc) is 1.69. The number of nitrogens with zero attached hydrogens (tertiary/aromatic N) is 1. The highest BCUT2D eigenvalue weighted by Crippen LogP contribution is 1.85. The van der Waals surface area contributed by atoms with Gasteiger partial charge in [-0.1, -0.05) is 11.8 Å². The van der Waals surface area contributed by atoms with Crippen LogP contribution in [0.25, 0.3) is 0 Å². The zero-order valence-electron chi connectivity index (χ0n) is 4.31. The Kier molecular flexibility index (Phi) is 1.04. The lowest BCUT2D eigenvalue weighted by molar-refractivity contribution is 0.515. The molecule has 0 saturated heterocycles. The summed E-state index contributed by atoms with van der Waals surface area (Å²) in [6.07, 6.45) is 3.82. The minimum Gasteiger partial charge on any atom is -0.369 e. The van der Waals surface area contributed by atoms with Crippen molar-refractivity contribution in [3.63, 3.8) is 0 Å². The maximum Gasteiger partial charge on any atom is 0.0789 e. The van der Waals surface area contributed by atoms with Crippen molar-refractivity contribution in [2.24, 2.45) is 0 Å². The van der Waals surface area contributed by atoms with E-state index in [9.17, 15) is 0 Å². The molecule has 0 N–H and O–H groups in total. The maximum atomic E-state index is 2.92. The van der Waals surface area contributed by atoms with Gasteiger partial charge in [0, 0.05) is 19.3 Å². The third kappa shape index (κ3) is 0.972. The second-order valence-electron chi connectivity index (χ2n) is 1.55. The van der Waals surface area contributed by atoms with Crippen LogP contribution in [0.4, 0.5) is 0 Å². The van der Waals surface area contributed by atoms with E-state index >= 15 is 0 Å². The molecule has 0 radical (unpaired) electrons. The predicted octanol–water partition coefficient (Wildman–Crippen LogP) is 0.449. The molecule has 0 aliphatic carbocycles. The number of rotatable bonds is 0. The Bertz CT molecular complexity index is 136. The van der Waals surface area contributed by atoms with Crippen molar-refractivity contribution in [3.8, 4) is 11.8 Å². The first-order valence-electron chi connectivity index (χ1n) is 2.25. The van der Waals surface area contributed by atoms with Gasteiger partial charge in [0.05, 0.1) is 6.54 Å². The van der Waals surface area contributed by atoms with Crippen LogP contribution < -0.4 is 0 Å². The molecule has 1 aliphatic rings. The molecule has 0 unspecified atom stereocenters. The normalized spacial score (nSPS) is 15.9. The van der Waals surface area contributed by atoms with Gasteiger partial charge in [0.15, 0.2) is 0 Å². The Morgan fingerprint density at radius 3 is 2.86 bits per heavy atom. The first-order chi connectivity index (χ1) is 3.39. The monoisotopic (exact) mass is 93.1 g/mol. The summed E-state index contributed by atoms with van der Waals surface area (Å²) >= 11 is 0. The molecule has 0 bridgehead atoms. The summed E-state index contributed by atoms with van der Waals surface area (Å²) in [6, 6.07) is 0. The van der Waals surface area contributed by atoms with Crippen molar-refractivity contribution < 1.29 is 0 Å². The molecular formula is C6H7N. The van der Waals surface area contributed by atoms with Crippen LogP contribution in [0.5, 0.6) is 0 Å². The van der Waals surface area contributed by atoms with Crippen LogP contribution in [0.2, 0.25) is 0 Å². The van der Waals surface area contributed by atoms with E-state index in [0.717, 1.165) is 6.54 Å². The Morgan fingerprint density at radius 2 is 2.57 bits per heavy atom. The van der Waals surface area contributed by atoms with Crippen LogP contribution in [0, 0.1) is 11.8 Å². The fraction of sp³-hybridized carbons (Fsp3) is 0.333. The van der Waals surface area contributed by atoms with Gasteiger partial charge in [-0.25, -0.2) is 0 Å². The molecule has 1 rings (SSSR count). The van der Waals surface area contributed by atoms with Crippen LogP contribution in [-0.4, -0.2) is 18.5 Å². The standard InChI is InChI=1S/C6H7N/c1-7-5-3-2-4-6-7/h3,5H,6H2,1H3. The second-order valence-corrected chi connectivity index (χ2v) is 1.55. The topological polar surface area (TPSA) is 3.24 Å². The summed E-state index contributed by atoms with van der Waals surface area (Å²) in [7, 11) is 2.00. The fourth-order valence-corrected chi connectivity index (χ4v) is 0.446. The quantitative estimate of drug-likeness (QED) is 0.393. The minimum absolute atomic E-state index is 0.872. The zero-order chi connectivity index (χ0) is 5.11. The van der Waals surface area contributed by atoms with E-state index in [1.165, 1.54) is 0 Å². The van der Waals surface area contributed by atoms with Gasteiger partial charge < -0.3 is 4.90 Å². The zero-order valence-corrected chi connectivity index (χ0v) is 4.31. The van der Waals surface area contributed by atoms with E-state index in [-0.39, 0.29) is 0 Å². The molecule has 0 atom stereocenters. The van der Waals surface area contributed by atoms with E-state index < -0.39 is 0 Å². The number of hydrogen-bond donors (Lipinski definition) is 0. The maximum absolute atomic E-state index is 2.92. The van der Waals surface area contributed by atoms with Crippen LogP contribution in [0.3, 0.4) is 0 Å². The molecule has 1 nitrogen and oxygen atoms in total. The van der Waals surface area contributed by atoms with Crippen LogP contribution in [0.15, 0.2) is 12.3 Å². The summed E-state index contributed by atoms with van der Waals surface area (Å²) in [5, 5.41) is 0. The molecule has 7 heavy (non-hydrogen) atoms. The molecule has 1 aliphatic heterocycles. The smallest absolute Gasteiger partial charge is 0.0789 e. The molecule has 0 spiro atoms. The highest BCUT2D eigenvalue weighted by molar-refractivity contribution is 5.19. The summed E-state index contributed by atoms with van der Waals surface area (Å²) in [5.74, 6) is 5.77. The molecule has 0 aromatic rings. The molecule has 0 saturated carbocycles. The van der Waals surface area contributed by atoms with Crippen molar-refractivity contribution in [2.45, 2.75) is 0 Å². The molecule has 0 fully saturated rings. The van der Waals surface area contributed by atoms with Crippen LogP contribution in [-0.2, 0) is 0 Å². The SMILES string of the molecule is CN1C=CC#CC1. The third-order valence-corrected chi connectivity index (χ3v) is 0.843. The van der Waals surface area contributed by atoms with Gasteiger partial charge in [-0.15, -0.1) is 0 Å². The predicted molar refractivity (Wildman–Crippen MR) is 29.5 cm³/mol. The van der Waals surface area contributed by atoms with Gasteiger partial charge in [-0.3, -0.25) is 0 Å². The fourth-order valence-electron chi connectivity index (χ4n) is 0.446. The van der Waals surface area contributed by atoms with Crippen molar-refractivity contribution >= 4 is 0 Å². The van der Waals surface area contributed by atoms with E-state index in [0.29, 0.717) is 0 Å². The van der Waals surface area contributed by atoms with Gasteiger partial charge in [-0.05, 0) is 0 Å². The summed E-state index contributed by atoms with van der Waals surface area (Å²) in [6.45, 7) is 0.872. The molecule has 0 amide bonds. The first-order valence-corrected chi connectivity index (χ1v) is 2.25. The van der Waals surface area contributed by atoms with Crippen molar-refractivity contribution in [3.05, 3.63) is 12.3 Å². The average molecular weight is 93.1 g/mol. The van der Waals surface area contributed by atoms with Gasteiger partial charge in [0.1, 0.15) is 0 Å². The van der Waals surface area contributed by atoms with Crippen molar-refractivity contribution in [1.29, 1.82) is 0 Å². The lowest BCUT2D eigenvalue weighted by Crippen LogP contribution is -2.11. The second kappa shape index (κ2) is 1.70. The summed E-state index contributed by atoms with van der Waals surface area (Å²) in [5.41, 5.74) is 0. The molecule has 36 valence electrons. The highest BCUT2D eigenvalue weighted by Gasteiger charge is 1.85. The van der Waals surface area contributed by atoms with E-state index in [2.05, 4.69) is 11.8 Å². The molecular weight excluding hydrogens is 86.1 g/mol. The van der Waals surface area contributed by atoms with Gasteiger partial charge >= 0.3 is 0 Å². The van der Waals surface area contributed by atoms with E-state index in [1.807, 2.05) is 24.2 Å². The van der Waals surface area contributed by atoms with Gasteiger partial charge in [0.2, 0.25) is 0 Å². The van der Waals surface area contributed by atoms with Gasteiger partial charge in [-0.2, -0.15) is 0 Å². The van der Waals surface area contributed by atoms with Crippen molar-refractivity contribution in [1.82, 2.24) is 4.90 Å². The third-order valence-electron chi connectivity index (χ3n) is 0.843. The van der Waals surface area contributed by atoms with E-state index in [1.54, 1.807) is 0 Å². The van der Waals surface area contributed by atoms with Crippen LogP contribution >= 0.6 is 0 Å². The lowest BCUT2D eigenvalue weighted by Gasteiger charge is -2.08. The Morgan fingerprint density at radius 1 is 1.71 bits per heavy atom. The highest BCUT2D eigenvalue weighted by atomic mass is 15.1. The Labute approximate surface area is 43.6 Å². The molecule has 0 aromatic carbocycles. The lowest BCUT2D eigenvalue weighted by atomic mass is 10.4. The Hall–Kier alpha value is -0.900. The largest absolute Gasteiger partial charge is 0.369 e. The number of hydrogen-bond acceptors (Lipinski definition) is 1. The Balaban J connectivity index is 2.58. The van der Waals surface area contributed by atoms with E-state index in [4.69, 9.17) is 0 Å². The summed E-state index contributed by atoms with van der Waals surface area (Å²) < 4.78 is 0. The first kappa shape index (κ1) is 4.26. The summed E-state index contributed by atoms with van der Waals surface area (Å²) in [4.78, 5) is 2.04. The molecule has 0 aromatic heterocycles. The molecule has 1 heteroatoms. The molecule has 1 heterocycles. The van der Waals surface area contributed by atoms with Crippen LogP contribution in [0.1, 0.15) is 0 Å². The van der Waals surface area contributed by atoms with Gasteiger partial charge in [0.25, 0.3) is 0 Å². The number of allylic oxidation sites excluding steroid dienone is 1. The van der Waals surface area contributed by atoms with Crippen molar-refractivity contribution in [2.75, 3.05) is 13.6 Å².